The maximum atomic E-state index is 13.5. The van der Waals surface area contributed by atoms with Crippen molar-refractivity contribution in [3.05, 3.63) is 77.9 Å². The predicted molar refractivity (Wildman–Crippen MR) is 103 cm³/mol. The van der Waals surface area contributed by atoms with E-state index in [1.165, 1.54) is 12.1 Å². The van der Waals surface area contributed by atoms with Crippen LogP contribution < -0.4 is 0 Å². The molecule has 1 N–H and O–H groups in total. The van der Waals surface area contributed by atoms with Gasteiger partial charge in [0.05, 0.1) is 5.56 Å². The second-order valence-corrected chi connectivity index (χ2v) is 6.73. The minimum atomic E-state index is -4.40. The number of nitrogens with one attached hydrogen (secondary N) is 1. The van der Waals surface area contributed by atoms with Crippen molar-refractivity contribution >= 4 is 21.8 Å². The summed E-state index contributed by atoms with van der Waals surface area (Å²) < 4.78 is 42.4. The summed E-state index contributed by atoms with van der Waals surface area (Å²) in [6.45, 7) is 0.112. The van der Waals surface area contributed by atoms with Gasteiger partial charge in [-0.15, -0.1) is 10.2 Å². The normalized spacial score (nSPS) is 12.1. The van der Waals surface area contributed by atoms with E-state index in [0.717, 1.165) is 33.4 Å². The van der Waals surface area contributed by atoms with Crippen LogP contribution in [0.4, 0.5) is 13.2 Å². The summed E-state index contributed by atoms with van der Waals surface area (Å²) in [5, 5.41) is 15.9. The summed E-state index contributed by atoms with van der Waals surface area (Å²) in [4.78, 5) is 0. The molecule has 0 fully saturated rings. The number of aromatic amines is 1. The van der Waals surface area contributed by atoms with E-state index in [4.69, 9.17) is 0 Å². The molecule has 0 aliphatic rings. The van der Waals surface area contributed by atoms with Gasteiger partial charge in [-0.05, 0) is 41.1 Å². The quantitative estimate of drug-likeness (QED) is 0.467. The highest BCUT2D eigenvalue weighted by atomic mass is 19.4. The average Bonchev–Trinajstić information content (AvgIpc) is 3.35. The first-order valence-electron chi connectivity index (χ1n) is 8.92. The van der Waals surface area contributed by atoms with Crippen molar-refractivity contribution in [2.45, 2.75) is 12.7 Å². The fourth-order valence-electron chi connectivity index (χ4n) is 3.75. The van der Waals surface area contributed by atoms with Gasteiger partial charge in [0.15, 0.2) is 0 Å². The SMILES string of the molecule is FC(F)(F)c1ccccc1Cn1c2ccccc2c2cc(-c3nn[nH]n3)ccc21. The molecule has 0 saturated heterocycles. The van der Waals surface area contributed by atoms with E-state index < -0.39 is 11.7 Å². The van der Waals surface area contributed by atoms with Gasteiger partial charge >= 0.3 is 6.18 Å². The van der Waals surface area contributed by atoms with Crippen LogP contribution in [0.1, 0.15) is 11.1 Å². The molecule has 0 aliphatic heterocycles. The lowest BCUT2D eigenvalue weighted by Crippen LogP contribution is -2.11. The molecular weight excluding hydrogens is 379 g/mol. The molecule has 144 valence electrons. The molecule has 29 heavy (non-hydrogen) atoms. The molecule has 0 saturated carbocycles. The van der Waals surface area contributed by atoms with E-state index in [1.807, 2.05) is 47.0 Å². The lowest BCUT2D eigenvalue weighted by molar-refractivity contribution is -0.138. The molecule has 0 unspecified atom stereocenters. The summed E-state index contributed by atoms with van der Waals surface area (Å²) in [5.74, 6) is 0.464. The van der Waals surface area contributed by atoms with Gasteiger partial charge in [0, 0.05) is 33.9 Å². The number of nitrogens with zero attached hydrogens (tertiary/aromatic N) is 4. The number of benzene rings is 3. The molecule has 5 rings (SSSR count). The molecule has 0 spiro atoms. The van der Waals surface area contributed by atoms with Gasteiger partial charge < -0.3 is 4.57 Å². The summed E-state index contributed by atoms with van der Waals surface area (Å²) in [7, 11) is 0. The highest BCUT2D eigenvalue weighted by Crippen LogP contribution is 2.35. The van der Waals surface area contributed by atoms with Crippen LogP contribution in [0.15, 0.2) is 66.7 Å². The Morgan fingerprint density at radius 1 is 0.862 bits per heavy atom. The minimum absolute atomic E-state index is 0.112. The molecule has 0 radical (unpaired) electrons. The number of hydrogen-bond donors (Lipinski definition) is 1. The molecule has 0 atom stereocenters. The number of tetrazole rings is 1. The number of para-hydroxylation sites is 1. The van der Waals surface area contributed by atoms with Gasteiger partial charge in [0.25, 0.3) is 0 Å². The monoisotopic (exact) mass is 393 g/mol. The minimum Gasteiger partial charge on any atom is -0.336 e. The van der Waals surface area contributed by atoms with E-state index in [1.54, 1.807) is 6.07 Å². The van der Waals surface area contributed by atoms with Crippen LogP contribution in [0.25, 0.3) is 33.2 Å². The van der Waals surface area contributed by atoms with Crippen molar-refractivity contribution < 1.29 is 13.2 Å². The zero-order valence-electron chi connectivity index (χ0n) is 15.0. The number of rotatable bonds is 3. The van der Waals surface area contributed by atoms with Crippen LogP contribution in [-0.4, -0.2) is 25.2 Å². The number of halogens is 3. The van der Waals surface area contributed by atoms with E-state index in [-0.39, 0.29) is 12.1 Å². The molecule has 0 aliphatic carbocycles. The third-order valence-electron chi connectivity index (χ3n) is 5.03. The van der Waals surface area contributed by atoms with Crippen molar-refractivity contribution in [1.29, 1.82) is 0 Å². The van der Waals surface area contributed by atoms with Crippen molar-refractivity contribution in [2.24, 2.45) is 0 Å². The fraction of sp³-hybridized carbons (Fsp3) is 0.0952. The second kappa shape index (κ2) is 6.44. The first-order chi connectivity index (χ1) is 14.0. The molecule has 8 heteroatoms. The summed E-state index contributed by atoms with van der Waals surface area (Å²) in [5.41, 5.74) is 2.10. The molecule has 3 aromatic carbocycles. The van der Waals surface area contributed by atoms with Gasteiger partial charge in [0.2, 0.25) is 5.82 Å². The zero-order chi connectivity index (χ0) is 20.0. The van der Waals surface area contributed by atoms with Crippen LogP contribution in [-0.2, 0) is 12.7 Å². The molecule has 0 bridgehead atoms. The summed E-state index contributed by atoms with van der Waals surface area (Å²) in [6, 6.07) is 19.0. The predicted octanol–water partition coefficient (Wildman–Crippen LogP) is 5.04. The van der Waals surface area contributed by atoms with E-state index in [2.05, 4.69) is 20.6 Å². The average molecular weight is 393 g/mol. The van der Waals surface area contributed by atoms with Crippen LogP contribution in [0.3, 0.4) is 0 Å². The van der Waals surface area contributed by atoms with Crippen LogP contribution in [0.5, 0.6) is 0 Å². The first-order valence-corrected chi connectivity index (χ1v) is 8.92. The van der Waals surface area contributed by atoms with Crippen molar-refractivity contribution in [3.63, 3.8) is 0 Å². The van der Waals surface area contributed by atoms with Crippen molar-refractivity contribution in [3.8, 4) is 11.4 Å². The Morgan fingerprint density at radius 3 is 2.41 bits per heavy atom. The maximum absolute atomic E-state index is 13.5. The number of hydrogen-bond acceptors (Lipinski definition) is 3. The number of fused-ring (bicyclic) bond motifs is 3. The van der Waals surface area contributed by atoms with Crippen LogP contribution in [0.2, 0.25) is 0 Å². The molecule has 2 aromatic heterocycles. The standard InChI is InChI=1S/C21H14F3N5/c22-21(23,24)17-7-3-1-5-14(17)12-29-18-8-4-2-6-15(18)16-11-13(9-10-19(16)29)20-25-27-28-26-20/h1-11H,12H2,(H,25,26,27,28). The Kier molecular flexibility index (Phi) is 3.87. The Labute approximate surface area is 162 Å². The molecule has 5 nitrogen and oxygen atoms in total. The lowest BCUT2D eigenvalue weighted by atomic mass is 10.1. The van der Waals surface area contributed by atoms with Gasteiger partial charge in [-0.1, -0.05) is 36.4 Å². The third kappa shape index (κ3) is 2.93. The number of H-pyrrole nitrogens is 1. The fourth-order valence-corrected chi connectivity index (χ4v) is 3.75. The Morgan fingerprint density at radius 2 is 1.62 bits per heavy atom. The number of alkyl halides is 3. The lowest BCUT2D eigenvalue weighted by Gasteiger charge is -2.14. The molecule has 2 heterocycles. The van der Waals surface area contributed by atoms with Crippen molar-refractivity contribution in [1.82, 2.24) is 25.2 Å². The molecule has 5 aromatic rings. The van der Waals surface area contributed by atoms with E-state index in [0.29, 0.717) is 5.82 Å². The van der Waals surface area contributed by atoms with Crippen LogP contribution in [0, 0.1) is 0 Å². The van der Waals surface area contributed by atoms with E-state index >= 15 is 0 Å². The smallest absolute Gasteiger partial charge is 0.336 e. The largest absolute Gasteiger partial charge is 0.416 e. The topological polar surface area (TPSA) is 59.4 Å². The second-order valence-electron chi connectivity index (χ2n) is 6.73. The summed E-state index contributed by atoms with van der Waals surface area (Å²) in [6.07, 6.45) is -4.40. The van der Waals surface area contributed by atoms with Gasteiger partial charge in [-0.25, -0.2) is 0 Å². The highest BCUT2D eigenvalue weighted by molar-refractivity contribution is 6.09. The van der Waals surface area contributed by atoms with Crippen LogP contribution >= 0.6 is 0 Å². The highest BCUT2D eigenvalue weighted by Gasteiger charge is 2.33. The molecule has 0 amide bonds. The Hall–Kier alpha value is -3.68. The first kappa shape index (κ1) is 17.4. The van der Waals surface area contributed by atoms with Gasteiger partial charge in [0.1, 0.15) is 0 Å². The maximum Gasteiger partial charge on any atom is 0.416 e. The summed E-state index contributed by atoms with van der Waals surface area (Å²) >= 11 is 0. The zero-order valence-corrected chi connectivity index (χ0v) is 15.0. The Bertz CT molecular complexity index is 1320. The number of aromatic nitrogens is 5. The third-order valence-corrected chi connectivity index (χ3v) is 5.03. The van der Waals surface area contributed by atoms with Crippen molar-refractivity contribution in [2.75, 3.05) is 0 Å². The van der Waals surface area contributed by atoms with Gasteiger partial charge in [-0.3, -0.25) is 0 Å². The Balaban J connectivity index is 1.72. The molecular formula is C21H14F3N5. The van der Waals surface area contributed by atoms with Gasteiger partial charge in [-0.2, -0.15) is 18.4 Å². The van der Waals surface area contributed by atoms with E-state index in [9.17, 15) is 13.2 Å².